The van der Waals surface area contributed by atoms with Gasteiger partial charge in [-0.1, -0.05) is 152 Å². The molecule has 39 heavy (non-hydrogen) atoms. The van der Waals surface area contributed by atoms with E-state index in [1.807, 2.05) is 36.4 Å². The van der Waals surface area contributed by atoms with Gasteiger partial charge in [0.15, 0.2) is 0 Å². The maximum Gasteiger partial charge on any atom is 0.361 e. The summed E-state index contributed by atoms with van der Waals surface area (Å²) in [7, 11) is -4.37. The van der Waals surface area contributed by atoms with E-state index in [1.165, 1.54) is 101 Å². The molecule has 0 fully saturated rings. The van der Waals surface area contributed by atoms with Gasteiger partial charge < -0.3 is 4.90 Å². The lowest BCUT2D eigenvalue weighted by molar-refractivity contribution is 0.456. The topological polar surface area (TPSA) is 60.9 Å². The molecule has 0 saturated carbocycles. The number of anilines is 2. The molecule has 1 atom stereocenters. The fraction of sp³-hybridized carbons (Fsp3) is 0.636. The number of hydrogen-bond donors (Lipinski definition) is 1. The Morgan fingerprint density at radius 2 is 1.05 bits per heavy atom. The number of hydrogen-bond acceptors (Lipinski definition) is 3. The van der Waals surface area contributed by atoms with Crippen molar-refractivity contribution >= 4 is 21.7 Å². The highest BCUT2D eigenvalue weighted by atomic mass is 32.2. The van der Waals surface area contributed by atoms with Crippen LogP contribution in [0.1, 0.15) is 128 Å². The number of para-hydroxylation sites is 2. The first-order valence-electron chi connectivity index (χ1n) is 15.7. The van der Waals surface area contributed by atoms with Gasteiger partial charge in [-0.3, -0.25) is 4.55 Å². The summed E-state index contributed by atoms with van der Waals surface area (Å²) < 4.78 is 36.2. The van der Waals surface area contributed by atoms with Crippen LogP contribution < -0.4 is 9.21 Å². The van der Waals surface area contributed by atoms with Crippen LogP contribution in [0.5, 0.6) is 0 Å². The van der Waals surface area contributed by atoms with Gasteiger partial charge in [0.05, 0.1) is 11.4 Å². The third-order valence-electron chi connectivity index (χ3n) is 8.07. The molecule has 0 saturated heterocycles. The molecule has 3 rings (SSSR count). The monoisotopic (exact) mass is 556 g/mol. The Morgan fingerprint density at radius 3 is 1.54 bits per heavy atom. The van der Waals surface area contributed by atoms with Gasteiger partial charge in [0.25, 0.3) is 0 Å². The second-order valence-corrected chi connectivity index (χ2v) is 12.6. The summed E-state index contributed by atoms with van der Waals surface area (Å²) in [5.41, 5.74) is 2.54. The van der Waals surface area contributed by atoms with Crippen molar-refractivity contribution in [2.24, 2.45) is 0 Å². The van der Waals surface area contributed by atoms with Crippen LogP contribution in [-0.4, -0.2) is 19.1 Å². The lowest BCUT2D eigenvalue weighted by Gasteiger charge is -2.31. The van der Waals surface area contributed by atoms with Crippen LogP contribution in [0.2, 0.25) is 0 Å². The molecule has 218 valence electrons. The molecule has 0 amide bonds. The van der Waals surface area contributed by atoms with Crippen molar-refractivity contribution in [2.45, 2.75) is 135 Å². The maximum absolute atomic E-state index is 12.4. The van der Waals surface area contributed by atoms with Crippen molar-refractivity contribution < 1.29 is 13.0 Å². The fourth-order valence-corrected chi connectivity index (χ4v) is 6.84. The summed E-state index contributed by atoms with van der Waals surface area (Å²) in [6.07, 6.45) is 22.7. The minimum atomic E-state index is -4.37. The lowest BCUT2D eigenvalue weighted by Crippen LogP contribution is -2.45. The van der Waals surface area contributed by atoms with E-state index < -0.39 is 16.5 Å². The summed E-state index contributed by atoms with van der Waals surface area (Å²) in [5, 5.41) is 0. The zero-order chi connectivity index (χ0) is 27.8. The highest BCUT2D eigenvalue weighted by Gasteiger charge is 2.41. The van der Waals surface area contributed by atoms with E-state index >= 15 is 0 Å². The molecule has 5 nitrogen and oxygen atoms in total. The fourth-order valence-electron chi connectivity index (χ4n) is 5.91. The summed E-state index contributed by atoms with van der Waals surface area (Å²) in [6.45, 7) is 2.88. The molecule has 0 aliphatic carbocycles. The summed E-state index contributed by atoms with van der Waals surface area (Å²) in [6, 6.07) is 17.6. The van der Waals surface area contributed by atoms with Crippen LogP contribution in [0.15, 0.2) is 54.6 Å². The van der Waals surface area contributed by atoms with Crippen LogP contribution in [0.4, 0.5) is 11.4 Å². The first kappa shape index (κ1) is 31.5. The zero-order valence-electron chi connectivity index (χ0n) is 24.3. The SMILES string of the molecule is CCCCCCCCCCCCCCCCCCCC1N(Cc2ccccc2)c2ccccc2N1S(=O)(=O)O. The van der Waals surface area contributed by atoms with Crippen molar-refractivity contribution in [3.8, 4) is 0 Å². The summed E-state index contributed by atoms with van der Waals surface area (Å²) >= 11 is 0. The van der Waals surface area contributed by atoms with Gasteiger partial charge >= 0.3 is 10.3 Å². The van der Waals surface area contributed by atoms with Crippen LogP contribution >= 0.6 is 0 Å². The highest BCUT2D eigenvalue weighted by Crippen LogP contribution is 2.43. The second-order valence-electron chi connectivity index (χ2n) is 11.3. The number of benzene rings is 2. The Labute approximate surface area is 238 Å². The van der Waals surface area contributed by atoms with E-state index in [0.717, 1.165) is 24.1 Å². The van der Waals surface area contributed by atoms with Crippen molar-refractivity contribution in [2.75, 3.05) is 9.21 Å². The first-order valence-corrected chi connectivity index (χ1v) is 17.1. The molecular formula is C33H52N2O3S. The zero-order valence-corrected chi connectivity index (χ0v) is 25.1. The molecule has 2 aromatic rings. The molecule has 0 spiro atoms. The average Bonchev–Trinajstić information content (AvgIpc) is 3.24. The smallest absolute Gasteiger partial charge is 0.344 e. The molecule has 0 aromatic heterocycles. The molecule has 1 aliphatic heterocycles. The van der Waals surface area contributed by atoms with Gasteiger partial charge in [-0.15, -0.1) is 0 Å². The first-order chi connectivity index (χ1) is 19.0. The van der Waals surface area contributed by atoms with Crippen molar-refractivity contribution in [3.63, 3.8) is 0 Å². The normalized spacial score (nSPS) is 15.2. The van der Waals surface area contributed by atoms with E-state index in [9.17, 15) is 13.0 Å². The van der Waals surface area contributed by atoms with Gasteiger partial charge in [0, 0.05) is 6.54 Å². The molecule has 1 N–H and O–H groups in total. The Hall–Kier alpha value is -2.05. The Bertz CT molecular complexity index is 1030. The molecule has 0 radical (unpaired) electrons. The third-order valence-corrected chi connectivity index (χ3v) is 9.01. The van der Waals surface area contributed by atoms with Crippen molar-refractivity contribution in [3.05, 3.63) is 60.2 Å². The Morgan fingerprint density at radius 1 is 0.615 bits per heavy atom. The molecule has 1 unspecified atom stereocenters. The largest absolute Gasteiger partial charge is 0.361 e. The van der Waals surface area contributed by atoms with Crippen LogP contribution in [0.25, 0.3) is 0 Å². The molecule has 6 heteroatoms. The number of fused-ring (bicyclic) bond motifs is 1. The van der Waals surface area contributed by atoms with Gasteiger partial charge in [0.1, 0.15) is 6.17 Å². The van der Waals surface area contributed by atoms with E-state index in [-0.39, 0.29) is 0 Å². The van der Waals surface area contributed by atoms with E-state index in [4.69, 9.17) is 0 Å². The molecular weight excluding hydrogens is 504 g/mol. The van der Waals surface area contributed by atoms with Gasteiger partial charge in [-0.2, -0.15) is 8.42 Å². The molecule has 0 bridgehead atoms. The standard InChI is InChI=1S/C33H52N2O3S/c1-2-3-4-5-6-7-8-9-10-11-12-13-14-15-16-17-21-28-33-34(29-30-24-19-18-20-25-30)31-26-22-23-27-32(31)35(33)39(36,37)38/h18-20,22-27,33H,2-17,21,28-29H2,1H3,(H,36,37,38). The quantitative estimate of drug-likeness (QED) is 0.123. The molecule has 1 heterocycles. The average molecular weight is 557 g/mol. The van der Waals surface area contributed by atoms with Crippen LogP contribution in [0.3, 0.4) is 0 Å². The lowest BCUT2D eigenvalue weighted by atomic mass is 10.0. The van der Waals surface area contributed by atoms with Gasteiger partial charge in [-0.05, 0) is 30.5 Å². The van der Waals surface area contributed by atoms with Gasteiger partial charge in [0.2, 0.25) is 0 Å². The number of rotatable bonds is 21. The minimum absolute atomic E-state index is 0.408. The van der Waals surface area contributed by atoms with Crippen molar-refractivity contribution in [1.29, 1.82) is 0 Å². The summed E-state index contributed by atoms with van der Waals surface area (Å²) in [4.78, 5) is 2.13. The Balaban J connectivity index is 1.33. The van der Waals surface area contributed by atoms with Crippen molar-refractivity contribution in [1.82, 2.24) is 0 Å². The number of nitrogens with zero attached hydrogens (tertiary/aromatic N) is 2. The van der Waals surface area contributed by atoms with E-state index in [1.54, 1.807) is 6.07 Å². The van der Waals surface area contributed by atoms with Crippen LogP contribution in [0, 0.1) is 0 Å². The minimum Gasteiger partial charge on any atom is -0.344 e. The highest BCUT2D eigenvalue weighted by molar-refractivity contribution is 7.87. The molecule has 1 aliphatic rings. The maximum atomic E-state index is 12.4. The number of unbranched alkanes of at least 4 members (excludes halogenated alkanes) is 16. The van der Waals surface area contributed by atoms with E-state index in [2.05, 4.69) is 24.0 Å². The van der Waals surface area contributed by atoms with Crippen LogP contribution in [-0.2, 0) is 16.8 Å². The second kappa shape index (κ2) is 17.6. The van der Waals surface area contributed by atoms with E-state index in [0.29, 0.717) is 18.7 Å². The van der Waals surface area contributed by atoms with Gasteiger partial charge in [-0.25, -0.2) is 4.31 Å². The molecule has 2 aromatic carbocycles. The third kappa shape index (κ3) is 10.8. The predicted molar refractivity (Wildman–Crippen MR) is 166 cm³/mol. The summed E-state index contributed by atoms with van der Waals surface area (Å²) in [5.74, 6) is 0. The predicted octanol–water partition coefficient (Wildman–Crippen LogP) is 9.68. The Kier molecular flexibility index (Phi) is 14.2.